The predicted octanol–water partition coefficient (Wildman–Crippen LogP) is 3.05. The Labute approximate surface area is 88.1 Å². The molecule has 1 N–H and O–H groups in total. The van der Waals surface area contributed by atoms with E-state index in [-0.39, 0.29) is 6.04 Å². The van der Waals surface area contributed by atoms with Crippen LogP contribution in [0.15, 0.2) is 11.1 Å². The van der Waals surface area contributed by atoms with Gasteiger partial charge in [-0.25, -0.2) is 0 Å². The molecule has 0 saturated heterocycles. The van der Waals surface area contributed by atoms with Crippen molar-refractivity contribution in [1.82, 2.24) is 5.32 Å². The zero-order chi connectivity index (χ0) is 9.35. The highest BCUT2D eigenvalue weighted by atomic mass is 35.6. The van der Waals surface area contributed by atoms with Gasteiger partial charge in [0.15, 0.2) is 0 Å². The average Bonchev–Trinajstić information content (AvgIpc) is 1.92. The second-order valence-electron chi connectivity index (χ2n) is 3.14. The van der Waals surface area contributed by atoms with E-state index in [9.17, 15) is 0 Å². The van der Waals surface area contributed by atoms with Crippen LogP contribution in [0.3, 0.4) is 0 Å². The molecule has 70 valence electrons. The Morgan fingerprint density at radius 3 is 2.33 bits per heavy atom. The third-order valence-corrected chi connectivity index (χ3v) is 2.94. The average molecular weight is 229 g/mol. The molecule has 1 aliphatic heterocycles. The Bertz CT molecular complexity index is 205. The Balaban J connectivity index is 2.86. The van der Waals surface area contributed by atoms with Gasteiger partial charge in [0.2, 0.25) is 3.79 Å². The lowest BCUT2D eigenvalue weighted by Crippen LogP contribution is -2.44. The number of hydrogen-bond donors (Lipinski definition) is 1. The van der Waals surface area contributed by atoms with Gasteiger partial charge in [0.1, 0.15) is 0 Å². The quantitative estimate of drug-likeness (QED) is 0.496. The molecule has 1 aliphatic rings. The number of alkyl halides is 3. The summed E-state index contributed by atoms with van der Waals surface area (Å²) in [5.41, 5.74) is 2.48. The van der Waals surface area contributed by atoms with Crippen molar-refractivity contribution in [2.24, 2.45) is 0 Å². The van der Waals surface area contributed by atoms with E-state index < -0.39 is 3.79 Å². The van der Waals surface area contributed by atoms with Gasteiger partial charge in [-0.15, -0.1) is 0 Å². The van der Waals surface area contributed by atoms with Crippen molar-refractivity contribution in [1.29, 1.82) is 0 Å². The normalized spacial score (nSPS) is 26.2. The summed E-state index contributed by atoms with van der Waals surface area (Å²) in [6, 6.07) is -0.128. The number of halogens is 3. The molecule has 0 amide bonds. The van der Waals surface area contributed by atoms with Gasteiger partial charge in [0.05, 0.1) is 6.04 Å². The van der Waals surface area contributed by atoms with Gasteiger partial charge in [0.25, 0.3) is 0 Å². The second-order valence-corrected chi connectivity index (χ2v) is 5.51. The summed E-state index contributed by atoms with van der Waals surface area (Å²) in [6.45, 7) is 4.98. The van der Waals surface area contributed by atoms with E-state index in [0.29, 0.717) is 0 Å². The first-order valence-electron chi connectivity index (χ1n) is 3.89. The molecule has 0 aromatic rings. The van der Waals surface area contributed by atoms with E-state index >= 15 is 0 Å². The minimum Gasteiger partial charge on any atom is -0.306 e. The van der Waals surface area contributed by atoms with E-state index in [1.807, 2.05) is 6.92 Å². The molecule has 4 heteroatoms. The Morgan fingerprint density at radius 1 is 1.33 bits per heavy atom. The van der Waals surface area contributed by atoms with E-state index in [4.69, 9.17) is 34.8 Å². The molecule has 0 aromatic heterocycles. The summed E-state index contributed by atoms with van der Waals surface area (Å²) < 4.78 is -1.23. The molecule has 0 bridgehead atoms. The molecule has 0 saturated carbocycles. The van der Waals surface area contributed by atoms with Gasteiger partial charge < -0.3 is 5.32 Å². The molecule has 1 atom stereocenters. The highest BCUT2D eigenvalue weighted by molar-refractivity contribution is 6.68. The van der Waals surface area contributed by atoms with Crippen LogP contribution in [0.25, 0.3) is 0 Å². The molecule has 1 rings (SSSR count). The van der Waals surface area contributed by atoms with Crippen LogP contribution in [-0.2, 0) is 0 Å². The van der Waals surface area contributed by atoms with E-state index in [2.05, 4.69) is 12.2 Å². The molecule has 0 radical (unpaired) electrons. The number of rotatable bonds is 0. The molecular weight excluding hydrogens is 216 g/mol. The van der Waals surface area contributed by atoms with E-state index in [1.165, 1.54) is 5.57 Å². The van der Waals surface area contributed by atoms with Crippen molar-refractivity contribution < 1.29 is 0 Å². The van der Waals surface area contributed by atoms with Crippen molar-refractivity contribution in [3.8, 4) is 0 Å². The summed E-state index contributed by atoms with van der Waals surface area (Å²) >= 11 is 17.4. The molecule has 0 unspecified atom stereocenters. The smallest absolute Gasteiger partial charge is 0.209 e. The highest BCUT2D eigenvalue weighted by Crippen LogP contribution is 2.36. The van der Waals surface area contributed by atoms with Gasteiger partial charge in [-0.1, -0.05) is 45.9 Å². The van der Waals surface area contributed by atoms with Crippen LogP contribution in [0.2, 0.25) is 0 Å². The predicted molar refractivity (Wildman–Crippen MR) is 55.1 cm³/mol. The van der Waals surface area contributed by atoms with Crippen LogP contribution in [0.1, 0.15) is 20.3 Å². The summed E-state index contributed by atoms with van der Waals surface area (Å²) in [5.74, 6) is 0. The van der Waals surface area contributed by atoms with Gasteiger partial charge in [-0.3, -0.25) is 0 Å². The minimum atomic E-state index is -1.23. The van der Waals surface area contributed by atoms with Crippen LogP contribution >= 0.6 is 34.8 Å². The maximum Gasteiger partial charge on any atom is 0.209 e. The first-order valence-corrected chi connectivity index (χ1v) is 5.02. The zero-order valence-electron chi connectivity index (χ0n) is 7.13. The van der Waals surface area contributed by atoms with Crippen molar-refractivity contribution in [2.75, 3.05) is 6.54 Å². The molecular formula is C8H12Cl3N. The fourth-order valence-corrected chi connectivity index (χ4v) is 2.08. The van der Waals surface area contributed by atoms with Gasteiger partial charge in [-0.05, 0) is 26.8 Å². The third kappa shape index (κ3) is 2.29. The zero-order valence-corrected chi connectivity index (χ0v) is 9.39. The SMILES string of the molecule is CC1=C(C)[C@@H](C(Cl)(Cl)Cl)NCC1. The Morgan fingerprint density at radius 2 is 1.92 bits per heavy atom. The van der Waals surface area contributed by atoms with E-state index in [0.717, 1.165) is 18.5 Å². The second kappa shape index (κ2) is 3.75. The fraction of sp³-hybridized carbons (Fsp3) is 0.750. The van der Waals surface area contributed by atoms with Gasteiger partial charge in [0, 0.05) is 0 Å². The van der Waals surface area contributed by atoms with Crippen molar-refractivity contribution in [3.63, 3.8) is 0 Å². The van der Waals surface area contributed by atoms with Crippen LogP contribution < -0.4 is 5.32 Å². The lowest BCUT2D eigenvalue weighted by molar-refractivity contribution is 0.540. The number of hydrogen-bond acceptors (Lipinski definition) is 1. The number of nitrogens with one attached hydrogen (secondary N) is 1. The molecule has 1 heterocycles. The van der Waals surface area contributed by atoms with Crippen molar-refractivity contribution >= 4 is 34.8 Å². The summed E-state index contributed by atoms with van der Waals surface area (Å²) in [6.07, 6.45) is 1.04. The van der Waals surface area contributed by atoms with Crippen molar-refractivity contribution in [2.45, 2.75) is 30.1 Å². The topological polar surface area (TPSA) is 12.0 Å². The van der Waals surface area contributed by atoms with Crippen LogP contribution in [0.4, 0.5) is 0 Å². The summed E-state index contributed by atoms with van der Waals surface area (Å²) in [5, 5.41) is 3.19. The summed E-state index contributed by atoms with van der Waals surface area (Å²) in [7, 11) is 0. The van der Waals surface area contributed by atoms with Gasteiger partial charge in [-0.2, -0.15) is 0 Å². The Hall–Kier alpha value is 0.570. The molecule has 0 aromatic carbocycles. The fourth-order valence-electron chi connectivity index (χ4n) is 1.36. The third-order valence-electron chi connectivity index (χ3n) is 2.28. The highest BCUT2D eigenvalue weighted by Gasteiger charge is 2.35. The first kappa shape index (κ1) is 10.6. The molecule has 0 aliphatic carbocycles. The standard InChI is InChI=1S/C8H12Cl3N/c1-5-3-4-12-7(6(5)2)8(9,10)11/h7,12H,3-4H2,1-2H3/t7-/m0/s1. The van der Waals surface area contributed by atoms with Gasteiger partial charge >= 0.3 is 0 Å². The largest absolute Gasteiger partial charge is 0.306 e. The maximum atomic E-state index is 5.81. The summed E-state index contributed by atoms with van der Waals surface area (Å²) in [4.78, 5) is 0. The molecule has 0 spiro atoms. The molecule has 12 heavy (non-hydrogen) atoms. The van der Waals surface area contributed by atoms with Crippen molar-refractivity contribution in [3.05, 3.63) is 11.1 Å². The maximum absolute atomic E-state index is 5.81. The lowest BCUT2D eigenvalue weighted by Gasteiger charge is -2.31. The molecule has 1 nitrogen and oxygen atoms in total. The minimum absolute atomic E-state index is 0.128. The van der Waals surface area contributed by atoms with Crippen LogP contribution in [-0.4, -0.2) is 16.4 Å². The Kier molecular flexibility index (Phi) is 3.33. The van der Waals surface area contributed by atoms with Crippen LogP contribution in [0.5, 0.6) is 0 Å². The molecule has 0 fully saturated rings. The van der Waals surface area contributed by atoms with Crippen LogP contribution in [0, 0.1) is 0 Å². The lowest BCUT2D eigenvalue weighted by atomic mass is 9.98. The van der Waals surface area contributed by atoms with E-state index in [1.54, 1.807) is 0 Å². The first-order chi connectivity index (χ1) is 5.43. The monoisotopic (exact) mass is 227 g/mol.